The zero-order chi connectivity index (χ0) is 18.1. The molecule has 0 atom stereocenters. The van der Waals surface area contributed by atoms with Crippen LogP contribution in [0, 0.1) is 11.3 Å². The van der Waals surface area contributed by atoms with Crippen molar-refractivity contribution in [3.63, 3.8) is 0 Å². The smallest absolute Gasteiger partial charge is 0.225 e. The SMILES string of the molecule is O=C(NC1CC2(C1)CC(c1nc3cc(Cl)ccc3s1)C2)C1CS(=O)(=O)C1. The van der Waals surface area contributed by atoms with Crippen LogP contribution in [0.15, 0.2) is 18.2 Å². The number of carbonyl (C=O) groups excluding carboxylic acids is 1. The molecular formula is C18H19ClN2O3S2. The second-order valence-electron chi connectivity index (χ2n) is 8.16. The van der Waals surface area contributed by atoms with Crippen molar-refractivity contribution in [2.24, 2.45) is 11.3 Å². The van der Waals surface area contributed by atoms with Crippen molar-refractivity contribution >= 4 is 48.9 Å². The minimum absolute atomic E-state index is 0.0143. The van der Waals surface area contributed by atoms with Gasteiger partial charge in [-0.3, -0.25) is 4.79 Å². The zero-order valence-electron chi connectivity index (χ0n) is 14.1. The van der Waals surface area contributed by atoms with Gasteiger partial charge in [0.25, 0.3) is 0 Å². The molecule has 1 N–H and O–H groups in total. The molecule has 2 aliphatic carbocycles. The number of amides is 1. The quantitative estimate of drug-likeness (QED) is 0.843. The summed E-state index contributed by atoms with van der Waals surface area (Å²) in [6, 6.07) is 6.06. The number of halogens is 1. The van der Waals surface area contributed by atoms with Crippen LogP contribution in [0.4, 0.5) is 0 Å². The Labute approximate surface area is 161 Å². The van der Waals surface area contributed by atoms with Crippen molar-refractivity contribution in [3.05, 3.63) is 28.2 Å². The van der Waals surface area contributed by atoms with Crippen LogP contribution in [0.2, 0.25) is 5.02 Å². The Hall–Kier alpha value is -1.18. The predicted molar refractivity (Wildman–Crippen MR) is 102 cm³/mol. The zero-order valence-corrected chi connectivity index (χ0v) is 16.5. The van der Waals surface area contributed by atoms with Gasteiger partial charge < -0.3 is 5.32 Å². The molecular weight excluding hydrogens is 392 g/mol. The Morgan fingerprint density at radius 3 is 2.65 bits per heavy atom. The maximum absolute atomic E-state index is 12.1. The standard InChI is InChI=1S/C18H19ClN2O3S2/c19-12-1-2-15-14(3-12)21-17(25-15)10-4-18(5-10)6-13(7-18)20-16(22)11-8-26(23,24)9-11/h1-3,10-11,13H,4-9H2,(H,20,22). The topological polar surface area (TPSA) is 76.1 Å². The first-order chi connectivity index (χ1) is 12.3. The average molecular weight is 411 g/mol. The van der Waals surface area contributed by atoms with Gasteiger partial charge in [-0.2, -0.15) is 0 Å². The van der Waals surface area contributed by atoms with E-state index in [1.807, 2.05) is 18.2 Å². The van der Waals surface area contributed by atoms with Gasteiger partial charge in [-0.25, -0.2) is 13.4 Å². The molecule has 1 spiro atoms. The average Bonchev–Trinajstić information content (AvgIpc) is 2.87. The van der Waals surface area contributed by atoms with Gasteiger partial charge in [-0.1, -0.05) is 11.6 Å². The summed E-state index contributed by atoms with van der Waals surface area (Å²) in [6.45, 7) is 0. The number of hydrogen-bond acceptors (Lipinski definition) is 5. The summed E-state index contributed by atoms with van der Waals surface area (Å²) in [5.74, 6) is 0.124. The third-order valence-corrected chi connectivity index (χ3v) is 9.31. The molecule has 1 saturated heterocycles. The molecule has 5 rings (SSSR count). The highest BCUT2D eigenvalue weighted by molar-refractivity contribution is 7.92. The molecule has 1 aromatic carbocycles. The minimum Gasteiger partial charge on any atom is -0.353 e. The number of thiazole rings is 1. The fraction of sp³-hybridized carbons (Fsp3) is 0.556. The van der Waals surface area contributed by atoms with Crippen LogP contribution in [0.1, 0.15) is 36.6 Å². The summed E-state index contributed by atoms with van der Waals surface area (Å²) in [5, 5.41) is 4.94. The molecule has 2 heterocycles. The maximum atomic E-state index is 12.1. The van der Waals surface area contributed by atoms with E-state index in [2.05, 4.69) is 5.32 Å². The van der Waals surface area contributed by atoms with Gasteiger partial charge in [0.1, 0.15) is 0 Å². The first-order valence-corrected chi connectivity index (χ1v) is 11.9. The molecule has 1 aliphatic heterocycles. The van der Waals surface area contributed by atoms with Crippen LogP contribution in [0.5, 0.6) is 0 Å². The lowest BCUT2D eigenvalue weighted by atomic mass is 9.50. The molecule has 2 aromatic rings. The van der Waals surface area contributed by atoms with E-state index in [9.17, 15) is 13.2 Å². The van der Waals surface area contributed by atoms with Crippen molar-refractivity contribution < 1.29 is 13.2 Å². The van der Waals surface area contributed by atoms with E-state index in [0.29, 0.717) is 11.3 Å². The highest BCUT2D eigenvalue weighted by Crippen LogP contribution is 2.62. The number of carbonyl (C=O) groups is 1. The number of sulfone groups is 1. The van der Waals surface area contributed by atoms with Gasteiger partial charge in [0.2, 0.25) is 5.91 Å². The molecule has 0 radical (unpaired) electrons. The summed E-state index contributed by atoms with van der Waals surface area (Å²) in [7, 11) is -2.94. The fourth-order valence-electron chi connectivity index (χ4n) is 4.71. The highest BCUT2D eigenvalue weighted by atomic mass is 35.5. The number of hydrogen-bond donors (Lipinski definition) is 1. The molecule has 3 aliphatic rings. The number of rotatable bonds is 3. The van der Waals surface area contributed by atoms with E-state index in [0.717, 1.165) is 36.2 Å². The molecule has 138 valence electrons. The lowest BCUT2D eigenvalue weighted by molar-refractivity contribution is -0.127. The Morgan fingerprint density at radius 2 is 1.96 bits per heavy atom. The number of nitrogens with one attached hydrogen (secondary N) is 1. The van der Waals surface area contributed by atoms with Crippen LogP contribution in [-0.2, 0) is 14.6 Å². The van der Waals surface area contributed by atoms with Gasteiger partial charge in [0.05, 0.1) is 32.6 Å². The van der Waals surface area contributed by atoms with E-state index in [4.69, 9.17) is 16.6 Å². The van der Waals surface area contributed by atoms with Crippen LogP contribution in [-0.4, -0.2) is 36.9 Å². The number of fused-ring (bicyclic) bond motifs is 1. The molecule has 26 heavy (non-hydrogen) atoms. The number of nitrogens with zero attached hydrogens (tertiary/aromatic N) is 1. The lowest BCUT2D eigenvalue weighted by Crippen LogP contribution is -2.58. The van der Waals surface area contributed by atoms with E-state index < -0.39 is 9.84 Å². The van der Waals surface area contributed by atoms with Crippen molar-refractivity contribution in [2.75, 3.05) is 11.5 Å². The Morgan fingerprint density at radius 1 is 1.23 bits per heavy atom. The number of aromatic nitrogens is 1. The van der Waals surface area contributed by atoms with Crippen molar-refractivity contribution in [3.8, 4) is 0 Å². The van der Waals surface area contributed by atoms with Gasteiger partial charge in [-0.15, -0.1) is 11.3 Å². The highest BCUT2D eigenvalue weighted by Gasteiger charge is 2.54. The molecule has 1 amide bonds. The molecule has 2 saturated carbocycles. The van der Waals surface area contributed by atoms with E-state index in [-0.39, 0.29) is 29.4 Å². The molecule has 3 fully saturated rings. The van der Waals surface area contributed by atoms with Gasteiger partial charge in [-0.05, 0) is 49.3 Å². The van der Waals surface area contributed by atoms with Crippen molar-refractivity contribution in [1.29, 1.82) is 0 Å². The molecule has 8 heteroatoms. The maximum Gasteiger partial charge on any atom is 0.225 e. The third kappa shape index (κ3) is 2.84. The predicted octanol–water partition coefficient (Wildman–Crippen LogP) is 3.14. The second-order valence-corrected chi connectivity index (χ2v) is 11.8. The molecule has 5 nitrogen and oxygen atoms in total. The Kier molecular flexibility index (Phi) is 3.69. The normalized spacial score (nSPS) is 32.7. The largest absolute Gasteiger partial charge is 0.353 e. The summed E-state index contributed by atoms with van der Waals surface area (Å²) in [6.07, 6.45) is 4.27. The molecule has 1 aromatic heterocycles. The fourth-order valence-corrected chi connectivity index (χ4v) is 7.35. The summed E-state index contributed by atoms with van der Waals surface area (Å²) in [5.41, 5.74) is 1.33. The summed E-state index contributed by atoms with van der Waals surface area (Å²) >= 11 is 7.79. The Bertz CT molecular complexity index is 991. The van der Waals surface area contributed by atoms with Crippen LogP contribution in [0.25, 0.3) is 10.2 Å². The van der Waals surface area contributed by atoms with Gasteiger partial charge in [0, 0.05) is 17.0 Å². The van der Waals surface area contributed by atoms with E-state index >= 15 is 0 Å². The van der Waals surface area contributed by atoms with Crippen molar-refractivity contribution in [1.82, 2.24) is 10.3 Å². The first-order valence-electron chi connectivity index (χ1n) is 8.88. The summed E-state index contributed by atoms with van der Waals surface area (Å²) in [4.78, 5) is 16.8. The van der Waals surface area contributed by atoms with Crippen LogP contribution in [0.3, 0.4) is 0 Å². The minimum atomic E-state index is -2.94. The van der Waals surface area contributed by atoms with Crippen molar-refractivity contribution in [2.45, 2.75) is 37.6 Å². The van der Waals surface area contributed by atoms with Crippen LogP contribution < -0.4 is 5.32 Å². The van der Waals surface area contributed by atoms with Gasteiger partial charge in [0.15, 0.2) is 9.84 Å². The monoisotopic (exact) mass is 410 g/mol. The number of benzene rings is 1. The second kappa shape index (κ2) is 5.66. The molecule has 0 unspecified atom stereocenters. The molecule has 0 bridgehead atoms. The van der Waals surface area contributed by atoms with E-state index in [1.54, 1.807) is 11.3 Å². The lowest BCUT2D eigenvalue weighted by Gasteiger charge is -2.57. The first kappa shape index (κ1) is 17.0. The summed E-state index contributed by atoms with van der Waals surface area (Å²) < 4.78 is 23.6. The van der Waals surface area contributed by atoms with E-state index in [1.165, 1.54) is 9.71 Å². The Balaban J connectivity index is 1.15. The van der Waals surface area contributed by atoms with Gasteiger partial charge >= 0.3 is 0 Å². The third-order valence-electron chi connectivity index (χ3n) is 6.06. The van der Waals surface area contributed by atoms with Crippen LogP contribution >= 0.6 is 22.9 Å².